The number of amides is 2. The Balaban J connectivity index is 1.70. The average molecular weight is 435 g/mol. The number of halogens is 4. The molecule has 154 valence electrons. The van der Waals surface area contributed by atoms with Crippen LogP contribution in [-0.2, 0) is 9.59 Å². The van der Waals surface area contributed by atoms with E-state index in [4.69, 9.17) is 11.6 Å². The number of carbonyl (C=O) groups is 2. The number of hydrogen-bond donors (Lipinski definition) is 2. The molecule has 4 rings (SSSR count). The van der Waals surface area contributed by atoms with Crippen molar-refractivity contribution in [1.82, 2.24) is 9.78 Å². The van der Waals surface area contributed by atoms with E-state index in [1.165, 1.54) is 4.68 Å². The van der Waals surface area contributed by atoms with Gasteiger partial charge in [-0.15, -0.1) is 0 Å². The lowest BCUT2D eigenvalue weighted by atomic mass is 10.1. The van der Waals surface area contributed by atoms with Crippen LogP contribution in [0.2, 0.25) is 5.02 Å². The number of nitrogens with zero attached hydrogens (tertiary/aromatic N) is 2. The van der Waals surface area contributed by atoms with Crippen molar-refractivity contribution in [3.05, 3.63) is 64.4 Å². The maximum Gasteiger partial charge on any atom is 0.249 e. The second-order valence-corrected chi connectivity index (χ2v) is 7.19. The Labute approximate surface area is 173 Å². The summed E-state index contributed by atoms with van der Waals surface area (Å²) in [6.07, 6.45) is -0.259. The van der Waals surface area contributed by atoms with E-state index in [-0.39, 0.29) is 6.42 Å². The van der Waals surface area contributed by atoms with E-state index < -0.39 is 41.0 Å². The standard InChI is InChI=1S/C20H14ClF3N4O2/c1-9-18(10-2-4-11(21)5-3-10)27-28-14(8-15(29)26-19(9)28)20(30)25-13-7-6-12(22)16(23)17(13)24/h2-7,14H,8H2,1H3,(H,25,30)(H,26,29). The first-order valence-electron chi connectivity index (χ1n) is 8.85. The van der Waals surface area contributed by atoms with Crippen molar-refractivity contribution >= 4 is 34.9 Å². The molecule has 1 aliphatic rings. The van der Waals surface area contributed by atoms with Crippen LogP contribution in [0.3, 0.4) is 0 Å². The van der Waals surface area contributed by atoms with Crippen LogP contribution in [0, 0.1) is 24.4 Å². The van der Waals surface area contributed by atoms with E-state index >= 15 is 0 Å². The second-order valence-electron chi connectivity index (χ2n) is 6.75. The van der Waals surface area contributed by atoms with Crippen molar-refractivity contribution in [3.63, 3.8) is 0 Å². The molecule has 2 N–H and O–H groups in total. The molecule has 0 aliphatic carbocycles. The van der Waals surface area contributed by atoms with Gasteiger partial charge in [0.05, 0.1) is 17.8 Å². The molecule has 2 aromatic carbocycles. The number of carbonyl (C=O) groups excluding carboxylic acids is 2. The molecule has 2 amide bonds. The summed E-state index contributed by atoms with van der Waals surface area (Å²) in [5.74, 6) is -5.50. The highest BCUT2D eigenvalue weighted by Gasteiger charge is 2.34. The summed E-state index contributed by atoms with van der Waals surface area (Å²) < 4.78 is 41.9. The fraction of sp³-hybridized carbons (Fsp3) is 0.150. The van der Waals surface area contributed by atoms with Crippen molar-refractivity contribution < 1.29 is 22.8 Å². The molecule has 1 unspecified atom stereocenters. The summed E-state index contributed by atoms with van der Waals surface area (Å²) in [7, 11) is 0. The maximum atomic E-state index is 13.9. The molecule has 1 atom stereocenters. The van der Waals surface area contributed by atoms with Gasteiger partial charge in [0.2, 0.25) is 11.8 Å². The van der Waals surface area contributed by atoms with Gasteiger partial charge in [0.15, 0.2) is 17.5 Å². The van der Waals surface area contributed by atoms with Crippen LogP contribution in [0.4, 0.5) is 24.7 Å². The zero-order valence-corrected chi connectivity index (χ0v) is 16.2. The van der Waals surface area contributed by atoms with Crippen LogP contribution >= 0.6 is 11.6 Å². The Morgan fingerprint density at radius 3 is 2.57 bits per heavy atom. The topological polar surface area (TPSA) is 76.0 Å². The predicted octanol–water partition coefficient (Wildman–Crippen LogP) is 4.45. The van der Waals surface area contributed by atoms with Crippen molar-refractivity contribution in [2.75, 3.05) is 10.6 Å². The fourth-order valence-electron chi connectivity index (χ4n) is 3.26. The molecule has 2 heterocycles. The van der Waals surface area contributed by atoms with Crippen molar-refractivity contribution in [2.45, 2.75) is 19.4 Å². The maximum absolute atomic E-state index is 13.9. The predicted molar refractivity (Wildman–Crippen MR) is 105 cm³/mol. The van der Waals surface area contributed by atoms with Gasteiger partial charge in [-0.2, -0.15) is 5.10 Å². The van der Waals surface area contributed by atoms with Crippen molar-refractivity contribution in [2.24, 2.45) is 0 Å². The molecule has 0 spiro atoms. The van der Waals surface area contributed by atoms with Crippen LogP contribution in [0.5, 0.6) is 0 Å². The lowest BCUT2D eigenvalue weighted by Crippen LogP contribution is -2.36. The molecule has 30 heavy (non-hydrogen) atoms. The molecule has 1 aliphatic heterocycles. The lowest BCUT2D eigenvalue weighted by Gasteiger charge is -2.24. The molecule has 6 nitrogen and oxygen atoms in total. The first kappa shape index (κ1) is 20.0. The largest absolute Gasteiger partial charge is 0.322 e. The SMILES string of the molecule is Cc1c(-c2ccc(Cl)cc2)nn2c1NC(=O)CC2C(=O)Nc1ccc(F)c(F)c1F. The third kappa shape index (κ3) is 3.41. The Morgan fingerprint density at radius 2 is 1.87 bits per heavy atom. The fourth-order valence-corrected chi connectivity index (χ4v) is 3.39. The molecule has 1 aromatic heterocycles. The number of hydrogen-bond acceptors (Lipinski definition) is 3. The average Bonchev–Trinajstić information content (AvgIpc) is 3.05. The van der Waals surface area contributed by atoms with E-state index in [1.54, 1.807) is 31.2 Å². The van der Waals surface area contributed by atoms with Gasteiger partial charge in [-0.1, -0.05) is 23.7 Å². The van der Waals surface area contributed by atoms with E-state index in [2.05, 4.69) is 15.7 Å². The quantitative estimate of drug-likeness (QED) is 0.598. The molecular formula is C20H14ClF3N4O2. The normalized spacial score (nSPS) is 15.5. The zero-order chi connectivity index (χ0) is 21.6. The van der Waals surface area contributed by atoms with E-state index in [1.807, 2.05) is 0 Å². The first-order chi connectivity index (χ1) is 14.3. The number of rotatable bonds is 3. The number of aromatic nitrogens is 2. The van der Waals surface area contributed by atoms with Crippen molar-refractivity contribution in [3.8, 4) is 11.3 Å². The van der Waals surface area contributed by atoms with Gasteiger partial charge in [-0.3, -0.25) is 9.59 Å². The van der Waals surface area contributed by atoms with Gasteiger partial charge in [-0.25, -0.2) is 17.9 Å². The van der Waals surface area contributed by atoms with E-state index in [9.17, 15) is 22.8 Å². The van der Waals surface area contributed by atoms with Crippen LogP contribution in [0.25, 0.3) is 11.3 Å². The Kier molecular flexibility index (Phi) is 4.98. The Morgan fingerprint density at radius 1 is 1.17 bits per heavy atom. The van der Waals surface area contributed by atoms with Gasteiger partial charge in [-0.05, 0) is 31.2 Å². The van der Waals surface area contributed by atoms with E-state index in [0.717, 1.165) is 11.6 Å². The van der Waals surface area contributed by atoms with Gasteiger partial charge in [0, 0.05) is 16.1 Å². The third-order valence-corrected chi connectivity index (χ3v) is 5.04. The minimum Gasteiger partial charge on any atom is -0.322 e. The number of fused-ring (bicyclic) bond motifs is 1. The van der Waals surface area contributed by atoms with Gasteiger partial charge in [0.1, 0.15) is 11.9 Å². The summed E-state index contributed by atoms with van der Waals surface area (Å²) in [6, 6.07) is 7.36. The lowest BCUT2D eigenvalue weighted by molar-refractivity contribution is -0.125. The van der Waals surface area contributed by atoms with Crippen LogP contribution in [0.1, 0.15) is 18.0 Å². The molecule has 3 aromatic rings. The smallest absolute Gasteiger partial charge is 0.249 e. The van der Waals surface area contributed by atoms with Crippen LogP contribution in [-0.4, -0.2) is 21.6 Å². The van der Waals surface area contributed by atoms with Crippen LogP contribution in [0.15, 0.2) is 36.4 Å². The molecular weight excluding hydrogens is 421 g/mol. The summed E-state index contributed by atoms with van der Waals surface area (Å²) in [5.41, 5.74) is 1.34. The zero-order valence-electron chi connectivity index (χ0n) is 15.5. The molecule has 0 radical (unpaired) electrons. The molecule has 10 heteroatoms. The molecule has 0 bridgehead atoms. The highest BCUT2D eigenvalue weighted by molar-refractivity contribution is 6.30. The first-order valence-corrected chi connectivity index (χ1v) is 9.23. The highest BCUT2D eigenvalue weighted by atomic mass is 35.5. The van der Waals surface area contributed by atoms with Crippen molar-refractivity contribution in [1.29, 1.82) is 0 Å². The molecule has 0 saturated carbocycles. The highest BCUT2D eigenvalue weighted by Crippen LogP contribution is 2.35. The Hall–Kier alpha value is -3.33. The Bertz CT molecular complexity index is 1180. The molecule has 0 fully saturated rings. The van der Waals surface area contributed by atoms with Gasteiger partial charge in [0.25, 0.3) is 0 Å². The number of anilines is 2. The van der Waals surface area contributed by atoms with Gasteiger partial charge >= 0.3 is 0 Å². The van der Waals surface area contributed by atoms with E-state index in [0.29, 0.717) is 28.2 Å². The number of nitrogens with one attached hydrogen (secondary N) is 2. The summed E-state index contributed by atoms with van der Waals surface area (Å²) >= 11 is 5.92. The summed E-state index contributed by atoms with van der Waals surface area (Å²) in [5, 5.41) is 9.88. The van der Waals surface area contributed by atoms with Gasteiger partial charge < -0.3 is 10.6 Å². The monoisotopic (exact) mass is 434 g/mol. The molecule has 0 saturated heterocycles. The minimum absolute atomic E-state index is 0.259. The third-order valence-electron chi connectivity index (χ3n) is 4.79. The second kappa shape index (κ2) is 7.49. The van der Waals surface area contributed by atoms with Crippen LogP contribution < -0.4 is 10.6 Å². The number of benzene rings is 2. The minimum atomic E-state index is -1.70. The summed E-state index contributed by atoms with van der Waals surface area (Å²) in [4.78, 5) is 24.9. The summed E-state index contributed by atoms with van der Waals surface area (Å²) in [6.45, 7) is 1.73.